The summed E-state index contributed by atoms with van der Waals surface area (Å²) in [6, 6.07) is 9.44. The number of benzene rings is 1. The van der Waals surface area contributed by atoms with Gasteiger partial charge in [0.05, 0.1) is 18.8 Å². The van der Waals surface area contributed by atoms with E-state index in [0.29, 0.717) is 25.0 Å². The standard InChI is InChI=1S/C16H21NO3/c1-2-13-11-20-16(9-8-14(18)10-16)17(13)15(19)12-6-4-3-5-7-12/h3-7,13-14,18H,2,8-11H2,1H3/t13-,14-,16?/m1/s1. The molecule has 0 aromatic heterocycles. The molecule has 3 atom stereocenters. The number of carbonyl (C=O) groups excluding carboxylic acids is 1. The molecule has 1 saturated carbocycles. The van der Waals surface area contributed by atoms with Crippen molar-refractivity contribution in [2.24, 2.45) is 0 Å². The summed E-state index contributed by atoms with van der Waals surface area (Å²) in [6.45, 7) is 2.64. The third-order valence-electron chi connectivity index (χ3n) is 4.48. The second-order valence-electron chi connectivity index (χ2n) is 5.76. The Kier molecular flexibility index (Phi) is 3.52. The molecule has 20 heavy (non-hydrogen) atoms. The van der Waals surface area contributed by atoms with Crippen LogP contribution in [-0.2, 0) is 4.74 Å². The molecule has 1 aliphatic carbocycles. The highest BCUT2D eigenvalue weighted by Crippen LogP contribution is 2.43. The molecule has 108 valence electrons. The fraction of sp³-hybridized carbons (Fsp3) is 0.562. The summed E-state index contributed by atoms with van der Waals surface area (Å²) in [5.41, 5.74) is 0.102. The fourth-order valence-corrected chi connectivity index (χ4v) is 3.41. The Labute approximate surface area is 119 Å². The summed E-state index contributed by atoms with van der Waals surface area (Å²) in [7, 11) is 0. The minimum Gasteiger partial charge on any atom is -0.393 e. The molecule has 3 rings (SSSR count). The van der Waals surface area contributed by atoms with Crippen LogP contribution >= 0.6 is 0 Å². The van der Waals surface area contributed by atoms with Crippen LogP contribution < -0.4 is 0 Å². The molecule has 1 spiro atoms. The van der Waals surface area contributed by atoms with E-state index in [1.807, 2.05) is 35.2 Å². The maximum Gasteiger partial charge on any atom is 0.256 e. The van der Waals surface area contributed by atoms with Gasteiger partial charge in [-0.1, -0.05) is 25.1 Å². The van der Waals surface area contributed by atoms with Crippen molar-refractivity contribution in [3.63, 3.8) is 0 Å². The zero-order valence-corrected chi connectivity index (χ0v) is 11.8. The van der Waals surface area contributed by atoms with Crippen LogP contribution in [0.4, 0.5) is 0 Å². The van der Waals surface area contributed by atoms with Gasteiger partial charge in [0, 0.05) is 12.0 Å². The summed E-state index contributed by atoms with van der Waals surface area (Å²) in [6.07, 6.45) is 2.47. The number of ether oxygens (including phenoxy) is 1. The van der Waals surface area contributed by atoms with E-state index in [2.05, 4.69) is 6.92 Å². The molecule has 1 N–H and O–H groups in total. The van der Waals surface area contributed by atoms with E-state index < -0.39 is 5.72 Å². The first-order valence-electron chi connectivity index (χ1n) is 7.37. The molecular weight excluding hydrogens is 254 g/mol. The van der Waals surface area contributed by atoms with Crippen molar-refractivity contribution < 1.29 is 14.6 Å². The molecule has 0 bridgehead atoms. The van der Waals surface area contributed by atoms with Gasteiger partial charge in [-0.3, -0.25) is 4.79 Å². The second-order valence-corrected chi connectivity index (χ2v) is 5.76. The highest BCUT2D eigenvalue weighted by atomic mass is 16.5. The maximum absolute atomic E-state index is 12.8. The largest absolute Gasteiger partial charge is 0.393 e. The number of hydrogen-bond donors (Lipinski definition) is 1. The third-order valence-corrected chi connectivity index (χ3v) is 4.48. The van der Waals surface area contributed by atoms with Crippen molar-refractivity contribution in [2.75, 3.05) is 6.61 Å². The first-order chi connectivity index (χ1) is 9.66. The van der Waals surface area contributed by atoms with E-state index in [1.54, 1.807) is 0 Å². The lowest BCUT2D eigenvalue weighted by atomic mass is 10.1. The number of hydrogen-bond acceptors (Lipinski definition) is 3. The molecule has 2 aliphatic rings. The van der Waals surface area contributed by atoms with Crippen molar-refractivity contribution in [3.05, 3.63) is 35.9 Å². The molecule has 4 heteroatoms. The Bertz CT molecular complexity index is 490. The Balaban J connectivity index is 1.92. The fourth-order valence-electron chi connectivity index (χ4n) is 3.41. The van der Waals surface area contributed by atoms with Crippen LogP contribution in [0, 0.1) is 0 Å². The quantitative estimate of drug-likeness (QED) is 0.900. The van der Waals surface area contributed by atoms with Gasteiger partial charge in [0.15, 0.2) is 0 Å². The lowest BCUT2D eigenvalue weighted by Crippen LogP contribution is -2.50. The highest BCUT2D eigenvalue weighted by molar-refractivity contribution is 5.95. The summed E-state index contributed by atoms with van der Waals surface area (Å²) < 4.78 is 5.98. The first-order valence-corrected chi connectivity index (χ1v) is 7.37. The van der Waals surface area contributed by atoms with Gasteiger partial charge in [0.2, 0.25) is 0 Å². The van der Waals surface area contributed by atoms with Gasteiger partial charge >= 0.3 is 0 Å². The Morgan fingerprint density at radius 2 is 2.20 bits per heavy atom. The zero-order valence-electron chi connectivity index (χ0n) is 11.8. The molecular formula is C16H21NO3. The van der Waals surface area contributed by atoms with Crippen molar-refractivity contribution in [3.8, 4) is 0 Å². The van der Waals surface area contributed by atoms with E-state index in [-0.39, 0.29) is 18.1 Å². The minimum absolute atomic E-state index is 0.0176. The Morgan fingerprint density at radius 1 is 1.45 bits per heavy atom. The Hall–Kier alpha value is -1.39. The van der Waals surface area contributed by atoms with Crippen molar-refractivity contribution in [1.82, 2.24) is 4.90 Å². The van der Waals surface area contributed by atoms with E-state index in [4.69, 9.17) is 4.74 Å². The summed E-state index contributed by atoms with van der Waals surface area (Å²) in [5, 5.41) is 9.87. The van der Waals surface area contributed by atoms with Gasteiger partial charge in [0.1, 0.15) is 5.72 Å². The summed E-state index contributed by atoms with van der Waals surface area (Å²) >= 11 is 0. The van der Waals surface area contributed by atoms with Crippen molar-refractivity contribution >= 4 is 5.91 Å². The highest BCUT2D eigenvalue weighted by Gasteiger charge is 2.53. The van der Waals surface area contributed by atoms with Crippen molar-refractivity contribution in [1.29, 1.82) is 0 Å². The summed E-state index contributed by atoms with van der Waals surface area (Å²) in [4.78, 5) is 14.7. The van der Waals surface area contributed by atoms with Gasteiger partial charge in [0.25, 0.3) is 5.91 Å². The average Bonchev–Trinajstić information content (AvgIpc) is 3.03. The average molecular weight is 275 g/mol. The molecule has 1 aliphatic heterocycles. The summed E-state index contributed by atoms with van der Waals surface area (Å²) in [5.74, 6) is 0.0176. The van der Waals surface area contributed by atoms with Gasteiger partial charge in [-0.25, -0.2) is 0 Å². The lowest BCUT2D eigenvalue weighted by molar-refractivity contribution is -0.0709. The number of aliphatic hydroxyl groups excluding tert-OH is 1. The number of carbonyl (C=O) groups is 1. The molecule has 1 aromatic rings. The van der Waals surface area contributed by atoms with Crippen LogP contribution in [0.5, 0.6) is 0 Å². The molecule has 2 fully saturated rings. The molecule has 1 heterocycles. The molecule has 1 unspecified atom stereocenters. The molecule has 1 saturated heterocycles. The van der Waals surface area contributed by atoms with Crippen LogP contribution in [0.3, 0.4) is 0 Å². The number of amides is 1. The first kappa shape index (κ1) is 13.6. The van der Waals surface area contributed by atoms with Gasteiger partial charge in [-0.2, -0.15) is 0 Å². The number of rotatable bonds is 2. The maximum atomic E-state index is 12.8. The molecule has 0 radical (unpaired) electrons. The van der Waals surface area contributed by atoms with E-state index in [1.165, 1.54) is 0 Å². The van der Waals surface area contributed by atoms with Crippen molar-refractivity contribution in [2.45, 2.75) is 50.5 Å². The number of aliphatic hydroxyl groups is 1. The normalized spacial score (nSPS) is 33.0. The molecule has 4 nitrogen and oxygen atoms in total. The van der Waals surface area contributed by atoms with Gasteiger partial charge in [-0.05, 0) is 31.4 Å². The van der Waals surface area contributed by atoms with Crippen LogP contribution in [0.1, 0.15) is 43.0 Å². The minimum atomic E-state index is -0.590. The second kappa shape index (κ2) is 5.19. The van der Waals surface area contributed by atoms with Crippen LogP contribution in [-0.4, -0.2) is 40.4 Å². The van der Waals surface area contributed by atoms with Gasteiger partial charge < -0.3 is 14.7 Å². The third kappa shape index (κ3) is 2.13. The smallest absolute Gasteiger partial charge is 0.256 e. The SMILES string of the molecule is CC[C@@H]1COC2(CC[C@@H](O)C2)N1C(=O)c1ccccc1. The van der Waals surface area contributed by atoms with Crippen LogP contribution in [0.2, 0.25) is 0 Å². The van der Waals surface area contributed by atoms with Crippen LogP contribution in [0.15, 0.2) is 30.3 Å². The van der Waals surface area contributed by atoms with Crippen LogP contribution in [0.25, 0.3) is 0 Å². The van der Waals surface area contributed by atoms with E-state index >= 15 is 0 Å². The molecule has 1 aromatic carbocycles. The van der Waals surface area contributed by atoms with Gasteiger partial charge in [-0.15, -0.1) is 0 Å². The number of nitrogens with zero attached hydrogens (tertiary/aromatic N) is 1. The van der Waals surface area contributed by atoms with E-state index in [0.717, 1.165) is 12.8 Å². The predicted molar refractivity (Wildman–Crippen MR) is 75.2 cm³/mol. The van der Waals surface area contributed by atoms with E-state index in [9.17, 15) is 9.90 Å². The Morgan fingerprint density at radius 3 is 2.80 bits per heavy atom. The lowest BCUT2D eigenvalue weighted by Gasteiger charge is -2.36. The zero-order chi connectivity index (χ0) is 14.2. The monoisotopic (exact) mass is 275 g/mol. The topological polar surface area (TPSA) is 49.8 Å². The molecule has 1 amide bonds. The predicted octanol–water partition coefficient (Wildman–Crippen LogP) is 2.18.